The van der Waals surface area contributed by atoms with E-state index >= 15 is 0 Å². The van der Waals surface area contributed by atoms with Crippen molar-refractivity contribution in [3.05, 3.63) is 48.5 Å². The Hall–Kier alpha value is -2.30. The van der Waals surface area contributed by atoms with E-state index in [0.29, 0.717) is 25.0 Å². The highest BCUT2D eigenvalue weighted by molar-refractivity contribution is 5.76. The van der Waals surface area contributed by atoms with Crippen LogP contribution in [0.4, 0.5) is 0 Å². The number of amides is 1. The van der Waals surface area contributed by atoms with E-state index in [-0.39, 0.29) is 5.91 Å². The molecule has 0 aliphatic carbocycles. The topological polar surface area (TPSA) is 47.4 Å². The average Bonchev–Trinajstić information content (AvgIpc) is 3.13. The van der Waals surface area contributed by atoms with Crippen LogP contribution in [-0.4, -0.2) is 40.1 Å². The number of carbonyl (C=O) groups is 1. The van der Waals surface area contributed by atoms with Crippen LogP contribution < -0.4 is 4.74 Å². The summed E-state index contributed by atoms with van der Waals surface area (Å²) in [5.74, 6) is 2.41. The molecule has 5 heteroatoms. The molecule has 0 N–H and O–H groups in total. The van der Waals surface area contributed by atoms with E-state index < -0.39 is 0 Å². The van der Waals surface area contributed by atoms with Gasteiger partial charge < -0.3 is 14.2 Å². The molecule has 1 aromatic heterocycles. The number of ether oxygens (including phenoxy) is 1. The molecule has 1 fully saturated rings. The number of hydrogen-bond acceptors (Lipinski definition) is 3. The Morgan fingerprint density at radius 2 is 2.12 bits per heavy atom. The number of benzene rings is 1. The van der Waals surface area contributed by atoms with Crippen molar-refractivity contribution in [1.82, 2.24) is 14.5 Å². The number of rotatable bonds is 6. The Kier molecular flexibility index (Phi) is 5.74. The van der Waals surface area contributed by atoms with E-state index in [1.165, 1.54) is 0 Å². The summed E-state index contributed by atoms with van der Waals surface area (Å²) >= 11 is 0. The molecule has 1 amide bonds. The fourth-order valence-corrected chi connectivity index (χ4v) is 3.42. The second-order valence-corrected chi connectivity index (χ2v) is 6.88. The number of likely N-dealkylation sites (tertiary alicyclic amines) is 1. The second kappa shape index (κ2) is 8.19. The fourth-order valence-electron chi connectivity index (χ4n) is 3.42. The van der Waals surface area contributed by atoms with Crippen molar-refractivity contribution in [2.24, 2.45) is 0 Å². The highest BCUT2D eigenvalue weighted by Crippen LogP contribution is 2.27. The highest BCUT2D eigenvalue weighted by atomic mass is 16.5. The predicted molar refractivity (Wildman–Crippen MR) is 97.7 cm³/mol. The number of imidazole rings is 1. The van der Waals surface area contributed by atoms with Gasteiger partial charge in [-0.1, -0.05) is 18.2 Å². The zero-order chi connectivity index (χ0) is 17.6. The monoisotopic (exact) mass is 341 g/mol. The first-order valence-corrected chi connectivity index (χ1v) is 9.13. The van der Waals surface area contributed by atoms with Gasteiger partial charge >= 0.3 is 0 Å². The van der Waals surface area contributed by atoms with Crippen molar-refractivity contribution in [3.8, 4) is 5.75 Å². The molecule has 0 radical (unpaired) electrons. The third-order valence-electron chi connectivity index (χ3n) is 4.72. The SMILES string of the molecule is CC(C)n1ccnc1[C@@H]1CCCN(C(=O)CCOc2ccccc2)C1. The molecule has 1 aliphatic heterocycles. The zero-order valence-corrected chi connectivity index (χ0v) is 15.1. The summed E-state index contributed by atoms with van der Waals surface area (Å²) in [5.41, 5.74) is 0. The van der Waals surface area contributed by atoms with Crippen LogP contribution in [0.15, 0.2) is 42.7 Å². The quantitative estimate of drug-likeness (QED) is 0.806. The van der Waals surface area contributed by atoms with E-state index in [1.807, 2.05) is 47.6 Å². The first-order chi connectivity index (χ1) is 12.1. The smallest absolute Gasteiger partial charge is 0.226 e. The summed E-state index contributed by atoms with van der Waals surface area (Å²) in [6, 6.07) is 10.0. The molecule has 2 aromatic rings. The van der Waals surface area contributed by atoms with Crippen molar-refractivity contribution >= 4 is 5.91 Å². The standard InChI is InChI=1S/C20H27N3O2/c1-16(2)23-13-11-21-20(23)17-7-6-12-22(15-17)19(24)10-14-25-18-8-4-3-5-9-18/h3-5,8-9,11,13,16-17H,6-7,10,12,14-15H2,1-2H3/t17-/m1/s1. The molecule has 5 nitrogen and oxygen atoms in total. The average molecular weight is 341 g/mol. The van der Waals surface area contributed by atoms with Crippen molar-refractivity contribution in [2.45, 2.75) is 45.1 Å². The summed E-state index contributed by atoms with van der Waals surface area (Å²) in [4.78, 5) is 19.1. The summed E-state index contributed by atoms with van der Waals surface area (Å²) in [6.45, 7) is 6.34. The second-order valence-electron chi connectivity index (χ2n) is 6.88. The molecule has 3 rings (SSSR count). The van der Waals surface area contributed by atoms with Gasteiger partial charge in [0.15, 0.2) is 0 Å². The largest absolute Gasteiger partial charge is 0.493 e. The van der Waals surface area contributed by atoms with E-state index in [9.17, 15) is 4.79 Å². The molecule has 134 valence electrons. The minimum atomic E-state index is 0.170. The lowest BCUT2D eigenvalue weighted by Gasteiger charge is -2.33. The van der Waals surface area contributed by atoms with Gasteiger partial charge in [0.25, 0.3) is 0 Å². The summed E-state index contributed by atoms with van der Waals surface area (Å²) in [6.07, 6.45) is 6.44. The molecule has 0 bridgehead atoms. The van der Waals surface area contributed by atoms with Gasteiger partial charge in [-0.05, 0) is 38.8 Å². The van der Waals surface area contributed by atoms with Crippen LogP contribution in [0.2, 0.25) is 0 Å². The molecule has 2 heterocycles. The molecule has 1 aromatic carbocycles. The zero-order valence-electron chi connectivity index (χ0n) is 15.1. The first kappa shape index (κ1) is 17.5. The fraction of sp³-hybridized carbons (Fsp3) is 0.500. The molecule has 0 spiro atoms. The van der Waals surface area contributed by atoms with Crippen LogP contribution in [0.3, 0.4) is 0 Å². The first-order valence-electron chi connectivity index (χ1n) is 9.13. The lowest BCUT2D eigenvalue weighted by atomic mass is 9.96. The predicted octanol–water partition coefficient (Wildman–Crippen LogP) is 3.64. The van der Waals surface area contributed by atoms with Gasteiger partial charge in [-0.3, -0.25) is 4.79 Å². The van der Waals surface area contributed by atoms with E-state index in [4.69, 9.17) is 4.74 Å². The van der Waals surface area contributed by atoms with Gasteiger partial charge in [-0.25, -0.2) is 4.98 Å². The molecule has 1 atom stereocenters. The number of hydrogen-bond donors (Lipinski definition) is 0. The van der Waals surface area contributed by atoms with Crippen LogP contribution in [0.1, 0.15) is 50.9 Å². The summed E-state index contributed by atoms with van der Waals surface area (Å²) in [5, 5.41) is 0. The molecule has 0 unspecified atom stereocenters. The Morgan fingerprint density at radius 3 is 2.88 bits per heavy atom. The van der Waals surface area contributed by atoms with E-state index in [0.717, 1.165) is 37.5 Å². The van der Waals surface area contributed by atoms with Gasteiger partial charge in [0.1, 0.15) is 11.6 Å². The Bertz CT molecular complexity index is 681. The van der Waals surface area contributed by atoms with E-state index in [2.05, 4.69) is 23.4 Å². The highest BCUT2D eigenvalue weighted by Gasteiger charge is 2.27. The maximum absolute atomic E-state index is 12.5. The Labute approximate surface area is 149 Å². The normalized spacial score (nSPS) is 17.7. The third-order valence-corrected chi connectivity index (χ3v) is 4.72. The van der Waals surface area contributed by atoms with Crippen molar-refractivity contribution in [3.63, 3.8) is 0 Å². The van der Waals surface area contributed by atoms with Crippen LogP contribution in [-0.2, 0) is 4.79 Å². The molecule has 0 saturated carbocycles. The maximum atomic E-state index is 12.5. The lowest BCUT2D eigenvalue weighted by Crippen LogP contribution is -2.40. The number of carbonyl (C=O) groups excluding carboxylic acids is 1. The number of para-hydroxylation sites is 1. The van der Waals surface area contributed by atoms with Gasteiger partial charge in [-0.2, -0.15) is 0 Å². The van der Waals surface area contributed by atoms with Crippen LogP contribution in [0, 0.1) is 0 Å². The van der Waals surface area contributed by atoms with Gasteiger partial charge in [-0.15, -0.1) is 0 Å². The van der Waals surface area contributed by atoms with Crippen LogP contribution >= 0.6 is 0 Å². The number of aromatic nitrogens is 2. The summed E-state index contributed by atoms with van der Waals surface area (Å²) < 4.78 is 7.87. The van der Waals surface area contributed by atoms with Gasteiger partial charge in [0.2, 0.25) is 5.91 Å². The third kappa shape index (κ3) is 4.41. The van der Waals surface area contributed by atoms with Crippen molar-refractivity contribution in [2.75, 3.05) is 19.7 Å². The van der Waals surface area contributed by atoms with Crippen molar-refractivity contribution < 1.29 is 9.53 Å². The molecular formula is C20H27N3O2. The minimum absolute atomic E-state index is 0.170. The maximum Gasteiger partial charge on any atom is 0.226 e. The number of piperidine rings is 1. The van der Waals surface area contributed by atoms with Gasteiger partial charge in [0, 0.05) is 37.4 Å². The minimum Gasteiger partial charge on any atom is -0.493 e. The van der Waals surface area contributed by atoms with Crippen molar-refractivity contribution in [1.29, 1.82) is 0 Å². The number of nitrogens with zero attached hydrogens (tertiary/aromatic N) is 3. The van der Waals surface area contributed by atoms with Crippen LogP contribution in [0.5, 0.6) is 5.75 Å². The Morgan fingerprint density at radius 1 is 1.32 bits per heavy atom. The van der Waals surface area contributed by atoms with Crippen LogP contribution in [0.25, 0.3) is 0 Å². The molecule has 1 aliphatic rings. The molecule has 25 heavy (non-hydrogen) atoms. The lowest BCUT2D eigenvalue weighted by molar-refractivity contribution is -0.133. The Balaban J connectivity index is 1.54. The van der Waals surface area contributed by atoms with E-state index in [1.54, 1.807) is 0 Å². The summed E-state index contributed by atoms with van der Waals surface area (Å²) in [7, 11) is 0. The molecular weight excluding hydrogens is 314 g/mol. The van der Waals surface area contributed by atoms with Gasteiger partial charge in [0.05, 0.1) is 13.0 Å². The molecule has 1 saturated heterocycles.